The molecule has 0 spiro atoms. The Labute approximate surface area is 59.3 Å². The predicted octanol–water partition coefficient (Wildman–Crippen LogP) is -1.02. The first-order valence-corrected chi connectivity index (χ1v) is 2.70. The van der Waals surface area contributed by atoms with Crippen LogP contribution in [0.4, 0.5) is 0 Å². The van der Waals surface area contributed by atoms with E-state index in [4.69, 9.17) is 11.1 Å². The van der Waals surface area contributed by atoms with E-state index >= 15 is 0 Å². The summed E-state index contributed by atoms with van der Waals surface area (Å²) in [6, 6.07) is 0. The number of esters is 1. The van der Waals surface area contributed by atoms with Gasteiger partial charge in [-0.2, -0.15) is 0 Å². The monoisotopic (exact) mass is 145 g/mol. The van der Waals surface area contributed by atoms with Crippen molar-refractivity contribution in [3.8, 4) is 0 Å². The van der Waals surface area contributed by atoms with Crippen LogP contribution >= 0.6 is 0 Å². The van der Waals surface area contributed by atoms with Crippen molar-refractivity contribution in [1.29, 1.82) is 5.41 Å². The molecule has 5 heteroatoms. The topological polar surface area (TPSA) is 79.4 Å². The molecule has 3 N–H and O–H groups in total. The first kappa shape index (κ1) is 8.74. The van der Waals surface area contributed by atoms with E-state index < -0.39 is 5.97 Å². The Balaban J connectivity index is 3.68. The number of guanidine groups is 1. The molecule has 0 aliphatic rings. The molecule has 0 aliphatic carbocycles. The van der Waals surface area contributed by atoms with Crippen LogP contribution in [0.25, 0.3) is 0 Å². The van der Waals surface area contributed by atoms with Gasteiger partial charge >= 0.3 is 5.97 Å². The molecule has 0 aromatic rings. The molecule has 0 unspecified atom stereocenters. The number of nitrogens with zero attached hydrogens (tertiary/aromatic N) is 1. The first-order valence-electron chi connectivity index (χ1n) is 2.70. The second-order valence-corrected chi connectivity index (χ2v) is 1.82. The number of ether oxygens (including phenoxy) is 1. The van der Waals surface area contributed by atoms with Crippen LogP contribution in [0.3, 0.4) is 0 Å². The Kier molecular flexibility index (Phi) is 3.24. The molecule has 0 saturated carbocycles. The van der Waals surface area contributed by atoms with Crippen molar-refractivity contribution in [2.24, 2.45) is 5.73 Å². The van der Waals surface area contributed by atoms with E-state index in [1.807, 2.05) is 0 Å². The van der Waals surface area contributed by atoms with Gasteiger partial charge in [0.15, 0.2) is 5.96 Å². The fourth-order valence-corrected chi connectivity index (χ4v) is 0.343. The van der Waals surface area contributed by atoms with Crippen LogP contribution in [0.5, 0.6) is 0 Å². The molecule has 0 aromatic carbocycles. The van der Waals surface area contributed by atoms with Gasteiger partial charge in [0.2, 0.25) is 0 Å². The summed E-state index contributed by atoms with van der Waals surface area (Å²) < 4.78 is 4.34. The molecular formula is C5H11N3O2. The van der Waals surface area contributed by atoms with E-state index in [2.05, 4.69) is 4.74 Å². The lowest BCUT2D eigenvalue weighted by Gasteiger charge is -2.13. The fraction of sp³-hybridized carbons (Fsp3) is 0.600. The van der Waals surface area contributed by atoms with Gasteiger partial charge in [-0.25, -0.2) is 0 Å². The molecule has 0 atom stereocenters. The van der Waals surface area contributed by atoms with E-state index in [1.54, 1.807) is 7.05 Å². The molecule has 0 bridgehead atoms. The third-order valence-corrected chi connectivity index (χ3v) is 1.01. The smallest absolute Gasteiger partial charge is 0.325 e. The predicted molar refractivity (Wildman–Crippen MR) is 36.6 cm³/mol. The van der Waals surface area contributed by atoms with Gasteiger partial charge in [0.25, 0.3) is 0 Å². The van der Waals surface area contributed by atoms with Gasteiger partial charge in [-0.15, -0.1) is 0 Å². The van der Waals surface area contributed by atoms with Crippen LogP contribution in [0.2, 0.25) is 0 Å². The summed E-state index contributed by atoms with van der Waals surface area (Å²) in [5.41, 5.74) is 5.04. The lowest BCUT2D eigenvalue weighted by molar-refractivity contribution is -0.140. The normalized spacial score (nSPS) is 8.60. The van der Waals surface area contributed by atoms with E-state index in [0.717, 1.165) is 0 Å². The maximum atomic E-state index is 10.5. The van der Waals surface area contributed by atoms with Crippen molar-refractivity contribution in [2.75, 3.05) is 20.7 Å². The number of nitrogens with one attached hydrogen (secondary N) is 1. The van der Waals surface area contributed by atoms with Gasteiger partial charge in [-0.05, 0) is 0 Å². The standard InChI is InChI=1S/C5H11N3O2/c1-8(5(6)7)3-4(9)10-2/h3H2,1-2H3,(H3,6,7). The zero-order chi connectivity index (χ0) is 8.15. The van der Waals surface area contributed by atoms with Crippen molar-refractivity contribution in [1.82, 2.24) is 4.90 Å². The second kappa shape index (κ2) is 3.71. The Morgan fingerprint density at radius 3 is 2.60 bits per heavy atom. The average Bonchev–Trinajstić information content (AvgIpc) is 1.87. The number of likely N-dealkylation sites (N-methyl/N-ethyl adjacent to an activating group) is 1. The lowest BCUT2D eigenvalue weighted by atomic mass is 10.6. The van der Waals surface area contributed by atoms with Crippen LogP contribution in [-0.2, 0) is 9.53 Å². The molecule has 10 heavy (non-hydrogen) atoms. The molecular weight excluding hydrogens is 134 g/mol. The van der Waals surface area contributed by atoms with Gasteiger partial charge in [0.05, 0.1) is 7.11 Å². The zero-order valence-corrected chi connectivity index (χ0v) is 6.05. The summed E-state index contributed by atoms with van der Waals surface area (Å²) in [7, 11) is 2.83. The Morgan fingerprint density at radius 2 is 2.30 bits per heavy atom. The van der Waals surface area contributed by atoms with Crippen molar-refractivity contribution in [3.05, 3.63) is 0 Å². The summed E-state index contributed by atoms with van der Waals surface area (Å²) in [5, 5.41) is 6.86. The maximum absolute atomic E-state index is 10.5. The third kappa shape index (κ3) is 2.91. The zero-order valence-electron chi connectivity index (χ0n) is 6.05. The number of carbonyl (C=O) groups is 1. The van der Waals surface area contributed by atoms with Crippen LogP contribution in [0.1, 0.15) is 0 Å². The summed E-state index contributed by atoms with van der Waals surface area (Å²) in [5.74, 6) is -0.553. The maximum Gasteiger partial charge on any atom is 0.325 e. The Morgan fingerprint density at radius 1 is 1.80 bits per heavy atom. The average molecular weight is 145 g/mol. The number of methoxy groups -OCH3 is 1. The molecule has 0 rings (SSSR count). The SMILES string of the molecule is COC(=O)CN(C)C(=N)N. The van der Waals surface area contributed by atoms with Gasteiger partial charge < -0.3 is 15.4 Å². The highest BCUT2D eigenvalue weighted by atomic mass is 16.5. The molecule has 5 nitrogen and oxygen atoms in total. The molecule has 0 aliphatic heterocycles. The molecule has 0 radical (unpaired) electrons. The van der Waals surface area contributed by atoms with Gasteiger partial charge in [-0.3, -0.25) is 10.2 Å². The molecule has 0 amide bonds. The lowest BCUT2D eigenvalue weighted by Crippen LogP contribution is -2.37. The van der Waals surface area contributed by atoms with Gasteiger partial charge in [0, 0.05) is 7.05 Å². The Bertz CT molecular complexity index is 146. The minimum Gasteiger partial charge on any atom is -0.468 e. The summed E-state index contributed by atoms with van der Waals surface area (Å²) >= 11 is 0. The van der Waals surface area contributed by atoms with Crippen LogP contribution in [0.15, 0.2) is 0 Å². The fourth-order valence-electron chi connectivity index (χ4n) is 0.343. The van der Waals surface area contributed by atoms with E-state index in [1.165, 1.54) is 12.0 Å². The van der Waals surface area contributed by atoms with E-state index in [0.29, 0.717) is 0 Å². The van der Waals surface area contributed by atoms with Gasteiger partial charge in [-0.1, -0.05) is 0 Å². The van der Waals surface area contributed by atoms with Crippen molar-refractivity contribution < 1.29 is 9.53 Å². The largest absolute Gasteiger partial charge is 0.468 e. The highest BCUT2D eigenvalue weighted by Gasteiger charge is 2.05. The highest BCUT2D eigenvalue weighted by molar-refractivity contribution is 5.80. The molecule has 0 saturated heterocycles. The van der Waals surface area contributed by atoms with Crippen LogP contribution < -0.4 is 5.73 Å². The first-order chi connectivity index (χ1) is 4.57. The highest BCUT2D eigenvalue weighted by Crippen LogP contribution is 1.80. The van der Waals surface area contributed by atoms with Crippen molar-refractivity contribution in [3.63, 3.8) is 0 Å². The number of carbonyl (C=O) groups excluding carboxylic acids is 1. The van der Waals surface area contributed by atoms with Crippen molar-refractivity contribution in [2.45, 2.75) is 0 Å². The Hall–Kier alpha value is -1.26. The number of hydrogen-bond acceptors (Lipinski definition) is 3. The molecule has 0 aromatic heterocycles. The molecule has 58 valence electrons. The van der Waals surface area contributed by atoms with Gasteiger partial charge in [0.1, 0.15) is 6.54 Å². The van der Waals surface area contributed by atoms with E-state index in [-0.39, 0.29) is 12.5 Å². The summed E-state index contributed by atoms with van der Waals surface area (Å²) in [4.78, 5) is 11.8. The minimum atomic E-state index is -0.405. The number of rotatable bonds is 2. The quantitative estimate of drug-likeness (QED) is 0.296. The summed E-state index contributed by atoms with van der Waals surface area (Å²) in [6.45, 7) is 0.0197. The molecule has 0 fully saturated rings. The van der Waals surface area contributed by atoms with Crippen LogP contribution in [-0.4, -0.2) is 37.5 Å². The second-order valence-electron chi connectivity index (χ2n) is 1.82. The molecule has 0 heterocycles. The van der Waals surface area contributed by atoms with Crippen LogP contribution in [0, 0.1) is 5.41 Å². The van der Waals surface area contributed by atoms with E-state index in [9.17, 15) is 4.79 Å². The number of nitrogens with two attached hydrogens (primary N) is 1. The minimum absolute atomic E-state index is 0.0197. The third-order valence-electron chi connectivity index (χ3n) is 1.01. The summed E-state index contributed by atoms with van der Waals surface area (Å²) in [6.07, 6.45) is 0. The number of hydrogen-bond donors (Lipinski definition) is 2. The van der Waals surface area contributed by atoms with Crippen molar-refractivity contribution >= 4 is 11.9 Å².